The van der Waals surface area contributed by atoms with Gasteiger partial charge in [-0.2, -0.15) is 0 Å². The number of rotatable bonds is 6. The topological polar surface area (TPSA) is 35.2 Å². The lowest BCUT2D eigenvalue weighted by molar-refractivity contribution is 0.145. The zero-order valence-electron chi connectivity index (χ0n) is 10.1. The highest BCUT2D eigenvalue weighted by Gasteiger charge is 1.93. The summed E-state index contributed by atoms with van der Waals surface area (Å²) in [6, 6.07) is 0.124. The molecule has 2 nitrogen and oxygen atoms in total. The fraction of sp³-hybridized carbons (Fsp3) is 0.538. The minimum atomic E-state index is 0.124. The Morgan fingerprint density at radius 2 is 2.07 bits per heavy atom. The normalized spacial score (nSPS) is 13.3. The number of ether oxygens (including phenoxy) is 1. The molecular weight excluding hydrogens is 186 g/mol. The summed E-state index contributed by atoms with van der Waals surface area (Å²) < 4.78 is 5.36. The number of nitrogens with two attached hydrogens (primary N) is 1. The van der Waals surface area contributed by atoms with E-state index in [-0.39, 0.29) is 6.04 Å². The third-order valence-corrected chi connectivity index (χ3v) is 1.46. The van der Waals surface area contributed by atoms with Gasteiger partial charge in [0.25, 0.3) is 0 Å². The van der Waals surface area contributed by atoms with Crippen molar-refractivity contribution in [3.63, 3.8) is 0 Å². The van der Waals surface area contributed by atoms with Crippen LogP contribution in [-0.2, 0) is 4.74 Å². The molecule has 0 heterocycles. The van der Waals surface area contributed by atoms with E-state index in [0.717, 1.165) is 6.42 Å². The molecule has 0 aliphatic carbocycles. The van der Waals surface area contributed by atoms with Crippen LogP contribution < -0.4 is 5.73 Å². The van der Waals surface area contributed by atoms with E-state index in [1.165, 1.54) is 5.57 Å². The molecule has 0 aliphatic heterocycles. The third kappa shape index (κ3) is 15.7. The Labute approximate surface area is 94.2 Å². The first-order valence-electron chi connectivity index (χ1n) is 5.15. The molecule has 2 N–H and O–H groups in total. The van der Waals surface area contributed by atoms with Gasteiger partial charge in [0, 0.05) is 6.04 Å². The zero-order valence-corrected chi connectivity index (χ0v) is 10.1. The molecular formula is C13H23NO. The van der Waals surface area contributed by atoms with Gasteiger partial charge < -0.3 is 10.5 Å². The lowest BCUT2D eigenvalue weighted by Gasteiger charge is -2.06. The van der Waals surface area contributed by atoms with E-state index in [2.05, 4.69) is 44.9 Å². The van der Waals surface area contributed by atoms with Crippen LogP contribution in [0, 0.1) is 12.8 Å². The molecule has 0 fully saturated rings. The predicted octanol–water partition coefficient (Wildman–Crippen LogP) is 2.51. The van der Waals surface area contributed by atoms with Crippen molar-refractivity contribution in [2.24, 2.45) is 5.73 Å². The summed E-state index contributed by atoms with van der Waals surface area (Å²) in [5.41, 5.74) is 6.77. The van der Waals surface area contributed by atoms with Crippen LogP contribution in [0.3, 0.4) is 0 Å². The van der Waals surface area contributed by atoms with E-state index in [4.69, 9.17) is 10.5 Å². The maximum Gasteiger partial charge on any atom is 0.0677 e. The Kier molecular flexibility index (Phi) is 14.2. The van der Waals surface area contributed by atoms with E-state index in [1.54, 1.807) is 0 Å². The van der Waals surface area contributed by atoms with Crippen LogP contribution in [0.2, 0.25) is 0 Å². The summed E-state index contributed by atoms with van der Waals surface area (Å²) in [4.78, 5) is 0. The van der Waals surface area contributed by atoms with Crippen LogP contribution in [0.4, 0.5) is 0 Å². The maximum absolute atomic E-state index is 5.54. The molecule has 15 heavy (non-hydrogen) atoms. The molecule has 0 aromatic carbocycles. The van der Waals surface area contributed by atoms with E-state index in [9.17, 15) is 0 Å². The van der Waals surface area contributed by atoms with Gasteiger partial charge in [0.2, 0.25) is 0 Å². The minimum Gasteiger partial charge on any atom is -0.376 e. The van der Waals surface area contributed by atoms with Gasteiger partial charge >= 0.3 is 0 Å². The second kappa shape index (κ2) is 13.0. The first-order valence-corrected chi connectivity index (χ1v) is 5.15. The van der Waals surface area contributed by atoms with Crippen molar-refractivity contribution in [1.29, 1.82) is 0 Å². The van der Waals surface area contributed by atoms with Crippen molar-refractivity contribution in [3.8, 4) is 12.8 Å². The second-order valence-electron chi connectivity index (χ2n) is 3.34. The highest BCUT2D eigenvalue weighted by atomic mass is 16.5. The van der Waals surface area contributed by atoms with Crippen LogP contribution in [0.5, 0.6) is 0 Å². The van der Waals surface area contributed by atoms with Crippen LogP contribution in [-0.4, -0.2) is 19.3 Å². The largest absolute Gasteiger partial charge is 0.376 e. The molecule has 0 saturated carbocycles. The van der Waals surface area contributed by atoms with Crippen molar-refractivity contribution in [2.45, 2.75) is 33.2 Å². The lowest BCUT2D eigenvalue weighted by atomic mass is 10.3. The number of terminal acetylenes is 1. The van der Waals surface area contributed by atoms with Gasteiger partial charge in [-0.1, -0.05) is 25.2 Å². The fourth-order valence-corrected chi connectivity index (χ4v) is 0.822. The Hall–Kier alpha value is -1.04. The molecule has 0 saturated heterocycles. The zero-order chi connectivity index (χ0) is 12.1. The Morgan fingerprint density at radius 1 is 1.47 bits per heavy atom. The predicted molar refractivity (Wildman–Crippen MR) is 67.5 cm³/mol. The summed E-state index contributed by atoms with van der Waals surface area (Å²) in [7, 11) is 0. The monoisotopic (exact) mass is 209 g/mol. The smallest absolute Gasteiger partial charge is 0.0677 e. The number of allylic oxidation sites excluding steroid dienone is 3. The van der Waals surface area contributed by atoms with Crippen LogP contribution >= 0.6 is 0 Å². The van der Waals surface area contributed by atoms with E-state index < -0.39 is 0 Å². The molecule has 2 heteroatoms. The number of hydrogen-bond donors (Lipinski definition) is 1. The molecule has 0 bridgehead atoms. The summed E-state index contributed by atoms with van der Waals surface area (Å²) >= 11 is 0. The average molecular weight is 209 g/mol. The molecule has 1 atom stereocenters. The molecule has 0 aliphatic rings. The fourth-order valence-electron chi connectivity index (χ4n) is 0.822. The van der Waals surface area contributed by atoms with Crippen LogP contribution in [0.25, 0.3) is 0 Å². The van der Waals surface area contributed by atoms with Crippen LogP contribution in [0.15, 0.2) is 23.8 Å². The summed E-state index contributed by atoms with van der Waals surface area (Å²) in [6.07, 6.45) is 15.3. The molecule has 86 valence electrons. The van der Waals surface area contributed by atoms with Crippen molar-refractivity contribution in [2.75, 3.05) is 13.2 Å². The SMILES string of the molecule is C#C.CC/C=C\C=C(\C)COCC(C)N. The summed E-state index contributed by atoms with van der Waals surface area (Å²) in [5.74, 6) is 0. The van der Waals surface area contributed by atoms with Gasteiger partial charge in [-0.05, 0) is 25.8 Å². The highest BCUT2D eigenvalue weighted by molar-refractivity contribution is 5.10. The van der Waals surface area contributed by atoms with E-state index in [0.29, 0.717) is 13.2 Å². The van der Waals surface area contributed by atoms with Gasteiger partial charge in [-0.25, -0.2) is 0 Å². The molecule has 0 amide bonds. The van der Waals surface area contributed by atoms with Gasteiger partial charge in [0.1, 0.15) is 0 Å². The van der Waals surface area contributed by atoms with Gasteiger partial charge in [0.05, 0.1) is 13.2 Å². The maximum atomic E-state index is 5.54. The molecule has 0 radical (unpaired) electrons. The first kappa shape index (κ1) is 16.4. The lowest BCUT2D eigenvalue weighted by Crippen LogP contribution is -2.22. The third-order valence-electron chi connectivity index (χ3n) is 1.46. The Balaban J connectivity index is 0. The van der Waals surface area contributed by atoms with Gasteiger partial charge in [-0.15, -0.1) is 12.8 Å². The minimum absolute atomic E-state index is 0.124. The van der Waals surface area contributed by atoms with Gasteiger partial charge in [0.15, 0.2) is 0 Å². The first-order chi connectivity index (χ1) is 7.16. The van der Waals surface area contributed by atoms with Crippen molar-refractivity contribution in [3.05, 3.63) is 23.8 Å². The van der Waals surface area contributed by atoms with E-state index in [1.807, 2.05) is 6.92 Å². The molecule has 0 spiro atoms. The molecule has 0 rings (SSSR count). The second-order valence-corrected chi connectivity index (χ2v) is 3.34. The quantitative estimate of drug-likeness (QED) is 0.539. The Morgan fingerprint density at radius 3 is 2.53 bits per heavy atom. The van der Waals surface area contributed by atoms with Gasteiger partial charge in [-0.3, -0.25) is 0 Å². The molecule has 0 aromatic heterocycles. The summed E-state index contributed by atoms with van der Waals surface area (Å²) in [6.45, 7) is 7.42. The van der Waals surface area contributed by atoms with E-state index >= 15 is 0 Å². The highest BCUT2D eigenvalue weighted by Crippen LogP contribution is 1.95. The molecule has 0 aromatic rings. The average Bonchev–Trinajstić information content (AvgIpc) is 2.21. The Bertz CT molecular complexity index is 202. The van der Waals surface area contributed by atoms with Crippen molar-refractivity contribution in [1.82, 2.24) is 0 Å². The summed E-state index contributed by atoms with van der Waals surface area (Å²) in [5, 5.41) is 0. The van der Waals surface area contributed by atoms with Crippen molar-refractivity contribution < 1.29 is 4.74 Å². The standard InChI is InChI=1S/C11H21NO.C2H2/c1-4-5-6-7-10(2)8-13-9-11(3)12;1-2/h5-7,11H,4,8-9,12H2,1-3H3;1-2H/b6-5-,10-7-;. The van der Waals surface area contributed by atoms with Crippen molar-refractivity contribution >= 4 is 0 Å². The van der Waals surface area contributed by atoms with Crippen LogP contribution in [0.1, 0.15) is 27.2 Å². The molecule has 1 unspecified atom stereocenters. The number of hydrogen-bond acceptors (Lipinski definition) is 2.